The third-order valence-electron chi connectivity index (χ3n) is 4.37. The van der Waals surface area contributed by atoms with Crippen LogP contribution in [0.4, 0.5) is 0 Å². The van der Waals surface area contributed by atoms with E-state index in [4.69, 9.17) is 5.11 Å². The SMILES string of the molecule is CC(C(=O)O)N1CCN(C(=O)[C@@H]2CNC[C@H]2C)CC1. The van der Waals surface area contributed by atoms with Gasteiger partial charge in [-0.2, -0.15) is 0 Å². The fourth-order valence-electron chi connectivity index (χ4n) is 2.86. The number of amides is 1. The summed E-state index contributed by atoms with van der Waals surface area (Å²) in [5.41, 5.74) is 0. The number of nitrogens with zero attached hydrogens (tertiary/aromatic N) is 2. The zero-order valence-electron chi connectivity index (χ0n) is 11.6. The van der Waals surface area contributed by atoms with Gasteiger partial charge in [-0.15, -0.1) is 0 Å². The van der Waals surface area contributed by atoms with E-state index in [2.05, 4.69) is 12.2 Å². The lowest BCUT2D eigenvalue weighted by Crippen LogP contribution is -2.54. The Kier molecular flexibility index (Phi) is 4.42. The third-order valence-corrected chi connectivity index (χ3v) is 4.37. The number of hydrogen-bond donors (Lipinski definition) is 2. The number of aliphatic carboxylic acids is 1. The largest absolute Gasteiger partial charge is 0.480 e. The molecule has 6 heteroatoms. The maximum Gasteiger partial charge on any atom is 0.320 e. The average molecular weight is 269 g/mol. The maximum atomic E-state index is 12.4. The topological polar surface area (TPSA) is 72.9 Å². The smallest absolute Gasteiger partial charge is 0.320 e. The van der Waals surface area contributed by atoms with Gasteiger partial charge in [0.25, 0.3) is 0 Å². The number of carboxylic acids is 1. The van der Waals surface area contributed by atoms with Crippen LogP contribution in [0.15, 0.2) is 0 Å². The number of carbonyl (C=O) groups is 2. The number of nitrogens with one attached hydrogen (secondary N) is 1. The van der Waals surface area contributed by atoms with Gasteiger partial charge in [0.1, 0.15) is 6.04 Å². The highest BCUT2D eigenvalue weighted by Crippen LogP contribution is 2.19. The van der Waals surface area contributed by atoms with Gasteiger partial charge in [0.15, 0.2) is 0 Å². The molecular formula is C13H23N3O3. The van der Waals surface area contributed by atoms with E-state index in [9.17, 15) is 9.59 Å². The van der Waals surface area contributed by atoms with Crippen molar-refractivity contribution in [3.05, 3.63) is 0 Å². The second kappa shape index (κ2) is 5.88. The van der Waals surface area contributed by atoms with Crippen LogP contribution in [0.2, 0.25) is 0 Å². The van der Waals surface area contributed by atoms with Gasteiger partial charge in [0.05, 0.1) is 5.92 Å². The van der Waals surface area contributed by atoms with E-state index in [1.165, 1.54) is 0 Å². The summed E-state index contributed by atoms with van der Waals surface area (Å²) in [6.07, 6.45) is 0. The van der Waals surface area contributed by atoms with Crippen molar-refractivity contribution in [1.82, 2.24) is 15.1 Å². The first-order valence-corrected chi connectivity index (χ1v) is 6.97. The van der Waals surface area contributed by atoms with E-state index in [1.807, 2.05) is 9.80 Å². The van der Waals surface area contributed by atoms with Gasteiger partial charge in [-0.05, 0) is 19.4 Å². The molecule has 6 nitrogen and oxygen atoms in total. The highest BCUT2D eigenvalue weighted by atomic mass is 16.4. The Bertz CT molecular complexity index is 353. The predicted octanol–water partition coefficient (Wildman–Crippen LogP) is -0.541. The fraction of sp³-hybridized carbons (Fsp3) is 0.846. The standard InChI is InChI=1S/C13H23N3O3/c1-9-7-14-8-11(9)12(17)16-5-3-15(4-6-16)10(2)13(18)19/h9-11,14H,3-8H2,1-2H3,(H,18,19)/t9-,10?,11-/m1/s1. The molecule has 0 radical (unpaired) electrons. The minimum Gasteiger partial charge on any atom is -0.480 e. The van der Waals surface area contributed by atoms with Crippen LogP contribution in [-0.2, 0) is 9.59 Å². The zero-order valence-corrected chi connectivity index (χ0v) is 11.6. The third kappa shape index (κ3) is 3.06. The van der Waals surface area contributed by atoms with E-state index in [-0.39, 0.29) is 11.8 Å². The molecule has 2 fully saturated rings. The van der Waals surface area contributed by atoms with Crippen molar-refractivity contribution in [1.29, 1.82) is 0 Å². The summed E-state index contributed by atoms with van der Waals surface area (Å²) in [6, 6.07) is -0.468. The molecule has 0 aliphatic carbocycles. The molecule has 2 rings (SSSR count). The number of carboxylic acid groups (broad SMARTS) is 1. The monoisotopic (exact) mass is 269 g/mol. The Balaban J connectivity index is 1.86. The predicted molar refractivity (Wildman–Crippen MR) is 70.8 cm³/mol. The van der Waals surface area contributed by atoms with Crippen molar-refractivity contribution in [2.24, 2.45) is 11.8 Å². The summed E-state index contributed by atoms with van der Waals surface area (Å²) in [5, 5.41) is 12.2. The van der Waals surface area contributed by atoms with E-state index >= 15 is 0 Å². The summed E-state index contributed by atoms with van der Waals surface area (Å²) in [6.45, 7) is 8.05. The molecule has 2 heterocycles. The summed E-state index contributed by atoms with van der Waals surface area (Å²) in [7, 11) is 0. The minimum absolute atomic E-state index is 0.0865. The second-order valence-corrected chi connectivity index (χ2v) is 5.62. The molecule has 3 atom stereocenters. The van der Waals surface area contributed by atoms with Crippen LogP contribution in [0.3, 0.4) is 0 Å². The molecule has 2 N–H and O–H groups in total. The van der Waals surface area contributed by atoms with Crippen LogP contribution < -0.4 is 5.32 Å². The molecule has 108 valence electrons. The Morgan fingerprint density at radius 2 is 1.84 bits per heavy atom. The highest BCUT2D eigenvalue weighted by molar-refractivity contribution is 5.80. The number of piperazine rings is 1. The normalized spacial score (nSPS) is 30.3. The van der Waals surface area contributed by atoms with E-state index < -0.39 is 12.0 Å². The second-order valence-electron chi connectivity index (χ2n) is 5.62. The lowest BCUT2D eigenvalue weighted by molar-refractivity contribution is -0.144. The Morgan fingerprint density at radius 3 is 2.32 bits per heavy atom. The van der Waals surface area contributed by atoms with Crippen molar-refractivity contribution in [2.45, 2.75) is 19.9 Å². The van der Waals surface area contributed by atoms with Gasteiger partial charge >= 0.3 is 5.97 Å². The van der Waals surface area contributed by atoms with Gasteiger partial charge in [0.2, 0.25) is 5.91 Å². The maximum absolute atomic E-state index is 12.4. The molecule has 0 spiro atoms. The molecule has 0 saturated carbocycles. The van der Waals surface area contributed by atoms with Gasteiger partial charge in [-0.1, -0.05) is 6.92 Å². The number of hydrogen-bond acceptors (Lipinski definition) is 4. The minimum atomic E-state index is -0.798. The highest BCUT2D eigenvalue weighted by Gasteiger charge is 2.35. The van der Waals surface area contributed by atoms with Gasteiger partial charge in [0, 0.05) is 32.7 Å². The Labute approximate surface area is 113 Å². The molecule has 1 amide bonds. The van der Waals surface area contributed by atoms with E-state index in [0.29, 0.717) is 32.1 Å². The lowest BCUT2D eigenvalue weighted by atomic mass is 9.96. The van der Waals surface area contributed by atoms with Crippen LogP contribution in [0.1, 0.15) is 13.8 Å². The summed E-state index contributed by atoms with van der Waals surface area (Å²) >= 11 is 0. The van der Waals surface area contributed by atoms with Crippen LogP contribution in [0, 0.1) is 11.8 Å². The quantitative estimate of drug-likeness (QED) is 0.720. The first-order valence-electron chi connectivity index (χ1n) is 6.97. The van der Waals surface area contributed by atoms with Crippen LogP contribution in [-0.4, -0.2) is 72.1 Å². The molecule has 0 aromatic rings. The molecule has 1 unspecified atom stereocenters. The summed E-state index contributed by atoms with van der Waals surface area (Å²) < 4.78 is 0. The fourth-order valence-corrected chi connectivity index (χ4v) is 2.86. The molecule has 0 aromatic carbocycles. The summed E-state index contributed by atoms with van der Waals surface area (Å²) in [4.78, 5) is 27.1. The molecule has 0 bridgehead atoms. The Morgan fingerprint density at radius 1 is 1.21 bits per heavy atom. The number of carbonyl (C=O) groups excluding carboxylic acids is 1. The van der Waals surface area contributed by atoms with E-state index in [1.54, 1.807) is 6.92 Å². The van der Waals surface area contributed by atoms with Crippen molar-refractivity contribution >= 4 is 11.9 Å². The zero-order chi connectivity index (χ0) is 14.0. The van der Waals surface area contributed by atoms with Crippen LogP contribution >= 0.6 is 0 Å². The lowest BCUT2D eigenvalue weighted by Gasteiger charge is -2.37. The first kappa shape index (κ1) is 14.3. The summed E-state index contributed by atoms with van der Waals surface area (Å²) in [5.74, 6) is -0.0968. The molecular weight excluding hydrogens is 246 g/mol. The molecule has 2 aliphatic heterocycles. The van der Waals surface area contributed by atoms with Crippen molar-refractivity contribution < 1.29 is 14.7 Å². The Hall–Kier alpha value is -1.14. The average Bonchev–Trinajstić information content (AvgIpc) is 2.83. The molecule has 0 aromatic heterocycles. The molecule has 19 heavy (non-hydrogen) atoms. The molecule has 2 aliphatic rings. The van der Waals surface area contributed by atoms with Crippen molar-refractivity contribution in [3.8, 4) is 0 Å². The van der Waals surface area contributed by atoms with E-state index in [0.717, 1.165) is 13.1 Å². The van der Waals surface area contributed by atoms with Gasteiger partial charge in [-0.25, -0.2) is 0 Å². The molecule has 2 saturated heterocycles. The number of rotatable bonds is 3. The van der Waals surface area contributed by atoms with Gasteiger partial charge < -0.3 is 15.3 Å². The van der Waals surface area contributed by atoms with Crippen LogP contribution in [0.5, 0.6) is 0 Å². The van der Waals surface area contributed by atoms with Crippen molar-refractivity contribution in [3.63, 3.8) is 0 Å². The van der Waals surface area contributed by atoms with Crippen LogP contribution in [0.25, 0.3) is 0 Å². The first-order chi connectivity index (χ1) is 9.00. The van der Waals surface area contributed by atoms with Crippen molar-refractivity contribution in [2.75, 3.05) is 39.3 Å². The van der Waals surface area contributed by atoms with Gasteiger partial charge in [-0.3, -0.25) is 14.5 Å².